The van der Waals surface area contributed by atoms with Gasteiger partial charge in [-0.05, 0) is 32.8 Å². The van der Waals surface area contributed by atoms with Gasteiger partial charge in [0.05, 0.1) is 18.6 Å². The predicted octanol–water partition coefficient (Wildman–Crippen LogP) is 3.28. The van der Waals surface area contributed by atoms with E-state index in [0.29, 0.717) is 25.5 Å². The Kier molecular flexibility index (Phi) is 14.0. The molecule has 26 heavy (non-hydrogen) atoms. The van der Waals surface area contributed by atoms with Gasteiger partial charge in [0.15, 0.2) is 5.96 Å². The maximum atomic E-state index is 11.5. The molecular formula is C19H32IN3O3. The van der Waals surface area contributed by atoms with E-state index >= 15 is 0 Å². The number of hydrogen-bond acceptors (Lipinski definition) is 4. The van der Waals surface area contributed by atoms with Crippen LogP contribution < -0.4 is 10.6 Å². The Bertz CT molecular complexity index is 524. The first-order valence-corrected chi connectivity index (χ1v) is 8.83. The van der Waals surface area contributed by atoms with Crippen molar-refractivity contribution in [2.45, 2.75) is 45.8 Å². The average molecular weight is 477 g/mol. The van der Waals surface area contributed by atoms with E-state index < -0.39 is 0 Å². The van der Waals surface area contributed by atoms with E-state index in [4.69, 9.17) is 9.47 Å². The maximum Gasteiger partial charge on any atom is 0.307 e. The normalized spacial score (nSPS) is 12.3. The molecule has 0 saturated carbocycles. The predicted molar refractivity (Wildman–Crippen MR) is 116 cm³/mol. The van der Waals surface area contributed by atoms with Gasteiger partial charge >= 0.3 is 5.97 Å². The van der Waals surface area contributed by atoms with Crippen LogP contribution in [-0.4, -0.2) is 44.8 Å². The van der Waals surface area contributed by atoms with E-state index in [1.165, 1.54) is 5.56 Å². The van der Waals surface area contributed by atoms with Gasteiger partial charge in [0.1, 0.15) is 0 Å². The van der Waals surface area contributed by atoms with Gasteiger partial charge in [-0.15, -0.1) is 24.0 Å². The number of benzene rings is 1. The zero-order valence-electron chi connectivity index (χ0n) is 16.2. The second-order valence-electron chi connectivity index (χ2n) is 5.99. The molecule has 0 heterocycles. The third-order valence-electron chi connectivity index (χ3n) is 3.46. The van der Waals surface area contributed by atoms with Crippen molar-refractivity contribution in [1.82, 2.24) is 10.6 Å². The summed E-state index contributed by atoms with van der Waals surface area (Å²) in [4.78, 5) is 15.6. The van der Waals surface area contributed by atoms with Crippen LogP contribution in [0, 0.1) is 0 Å². The molecule has 1 rings (SSSR count). The minimum atomic E-state index is -0.207. The number of esters is 1. The second kappa shape index (κ2) is 14.8. The highest BCUT2D eigenvalue weighted by Crippen LogP contribution is 2.15. The van der Waals surface area contributed by atoms with Crippen molar-refractivity contribution in [3.63, 3.8) is 0 Å². The number of nitrogens with one attached hydrogen (secondary N) is 2. The first-order chi connectivity index (χ1) is 12.0. The summed E-state index contributed by atoms with van der Waals surface area (Å²) in [6.45, 7) is 7.64. The molecule has 148 valence electrons. The minimum absolute atomic E-state index is 0. The Balaban J connectivity index is 0.00000625. The highest BCUT2D eigenvalue weighted by molar-refractivity contribution is 14.0. The monoisotopic (exact) mass is 477 g/mol. The third-order valence-corrected chi connectivity index (χ3v) is 3.46. The van der Waals surface area contributed by atoms with Crippen LogP contribution in [0.3, 0.4) is 0 Å². The standard InChI is InChI=1S/C19H31N3O3.HI/c1-15(2)25-18(23)11-13-22-19(20-4)21-12-8-14-24-16(3)17-9-6-5-7-10-17;/h5-7,9-10,15-16H,8,11-14H2,1-4H3,(H2,20,21,22);1H. The number of carbonyl (C=O) groups is 1. The summed E-state index contributed by atoms with van der Waals surface area (Å²) in [6, 6.07) is 10.2. The SMILES string of the molecule is CN=C(NCCCOC(C)c1ccccc1)NCCC(=O)OC(C)C.I. The Morgan fingerprint density at radius 1 is 1.12 bits per heavy atom. The third kappa shape index (κ3) is 11.3. The number of aliphatic imine (C=N–C) groups is 1. The van der Waals surface area contributed by atoms with Gasteiger partial charge < -0.3 is 20.1 Å². The molecule has 0 bridgehead atoms. The van der Waals surface area contributed by atoms with Crippen molar-refractivity contribution >= 4 is 35.9 Å². The van der Waals surface area contributed by atoms with E-state index in [-0.39, 0.29) is 42.2 Å². The number of rotatable bonds is 10. The molecule has 7 heteroatoms. The van der Waals surface area contributed by atoms with Crippen LogP contribution >= 0.6 is 24.0 Å². The molecule has 1 atom stereocenters. The molecule has 0 amide bonds. The van der Waals surface area contributed by atoms with Crippen molar-refractivity contribution in [3.8, 4) is 0 Å². The summed E-state index contributed by atoms with van der Waals surface area (Å²) >= 11 is 0. The molecule has 1 unspecified atom stereocenters. The Labute approximate surface area is 174 Å². The molecule has 1 aromatic rings. The van der Waals surface area contributed by atoms with Gasteiger partial charge in [-0.1, -0.05) is 30.3 Å². The summed E-state index contributed by atoms with van der Waals surface area (Å²) in [5, 5.41) is 6.30. The average Bonchev–Trinajstić information content (AvgIpc) is 2.59. The van der Waals surface area contributed by atoms with Crippen LogP contribution in [0.15, 0.2) is 35.3 Å². The zero-order chi connectivity index (χ0) is 18.5. The fraction of sp³-hybridized carbons (Fsp3) is 0.579. The second-order valence-corrected chi connectivity index (χ2v) is 5.99. The number of nitrogens with zero attached hydrogens (tertiary/aromatic N) is 1. The summed E-state index contributed by atoms with van der Waals surface area (Å²) in [5.74, 6) is 0.467. The van der Waals surface area contributed by atoms with Crippen LogP contribution in [0.5, 0.6) is 0 Å². The van der Waals surface area contributed by atoms with E-state index in [2.05, 4.69) is 34.7 Å². The van der Waals surface area contributed by atoms with Crippen LogP contribution in [0.2, 0.25) is 0 Å². The molecule has 0 spiro atoms. The molecule has 6 nitrogen and oxygen atoms in total. The van der Waals surface area contributed by atoms with Crippen molar-refractivity contribution in [3.05, 3.63) is 35.9 Å². The van der Waals surface area contributed by atoms with E-state index in [1.807, 2.05) is 32.0 Å². The number of hydrogen-bond donors (Lipinski definition) is 2. The number of ether oxygens (including phenoxy) is 2. The summed E-state index contributed by atoms with van der Waals surface area (Å²) in [6.07, 6.45) is 1.19. The van der Waals surface area contributed by atoms with E-state index in [9.17, 15) is 4.79 Å². The highest BCUT2D eigenvalue weighted by atomic mass is 127. The molecule has 0 aliphatic rings. The molecule has 0 aliphatic heterocycles. The molecule has 1 aromatic carbocycles. The van der Waals surface area contributed by atoms with E-state index in [1.54, 1.807) is 7.05 Å². The number of carbonyl (C=O) groups excluding carboxylic acids is 1. The molecular weight excluding hydrogens is 445 g/mol. The lowest BCUT2D eigenvalue weighted by atomic mass is 10.1. The smallest absolute Gasteiger partial charge is 0.307 e. The summed E-state index contributed by atoms with van der Waals surface area (Å²) < 4.78 is 10.9. The first kappa shape index (κ1) is 24.7. The van der Waals surface area contributed by atoms with E-state index in [0.717, 1.165) is 13.0 Å². The van der Waals surface area contributed by atoms with Gasteiger partial charge in [0, 0.05) is 26.7 Å². The molecule has 0 aliphatic carbocycles. The molecule has 2 N–H and O–H groups in total. The fourth-order valence-electron chi connectivity index (χ4n) is 2.18. The quantitative estimate of drug-likeness (QED) is 0.178. The first-order valence-electron chi connectivity index (χ1n) is 8.83. The molecule has 0 saturated heterocycles. The molecule has 0 fully saturated rings. The van der Waals surface area contributed by atoms with Crippen LogP contribution in [0.4, 0.5) is 0 Å². The maximum absolute atomic E-state index is 11.5. The van der Waals surface area contributed by atoms with Crippen molar-refractivity contribution in [1.29, 1.82) is 0 Å². The van der Waals surface area contributed by atoms with Crippen LogP contribution in [0.25, 0.3) is 0 Å². The highest BCUT2D eigenvalue weighted by Gasteiger charge is 2.06. The van der Waals surface area contributed by atoms with Crippen molar-refractivity contribution in [2.24, 2.45) is 4.99 Å². The van der Waals surface area contributed by atoms with Crippen LogP contribution in [0.1, 0.15) is 45.3 Å². The lowest BCUT2D eigenvalue weighted by molar-refractivity contribution is -0.147. The summed E-state index contributed by atoms with van der Waals surface area (Å²) in [7, 11) is 1.70. The lowest BCUT2D eigenvalue weighted by Gasteiger charge is -2.15. The van der Waals surface area contributed by atoms with Gasteiger partial charge in [-0.3, -0.25) is 9.79 Å². The Hall–Kier alpha value is -1.35. The van der Waals surface area contributed by atoms with Crippen molar-refractivity contribution in [2.75, 3.05) is 26.7 Å². The largest absolute Gasteiger partial charge is 0.463 e. The Morgan fingerprint density at radius 2 is 1.77 bits per heavy atom. The summed E-state index contributed by atoms with van der Waals surface area (Å²) in [5.41, 5.74) is 1.18. The number of halogens is 1. The van der Waals surface area contributed by atoms with Crippen LogP contribution in [-0.2, 0) is 14.3 Å². The van der Waals surface area contributed by atoms with Gasteiger partial charge in [0.2, 0.25) is 0 Å². The number of guanidine groups is 1. The van der Waals surface area contributed by atoms with Crippen molar-refractivity contribution < 1.29 is 14.3 Å². The molecule has 0 radical (unpaired) electrons. The fourth-order valence-corrected chi connectivity index (χ4v) is 2.18. The Morgan fingerprint density at radius 3 is 2.38 bits per heavy atom. The zero-order valence-corrected chi connectivity index (χ0v) is 18.5. The lowest BCUT2D eigenvalue weighted by Crippen LogP contribution is -2.39. The van der Waals surface area contributed by atoms with Gasteiger partial charge in [0.25, 0.3) is 0 Å². The van der Waals surface area contributed by atoms with Gasteiger partial charge in [-0.2, -0.15) is 0 Å². The molecule has 0 aromatic heterocycles. The topological polar surface area (TPSA) is 72.0 Å². The van der Waals surface area contributed by atoms with Gasteiger partial charge in [-0.25, -0.2) is 0 Å². The minimum Gasteiger partial charge on any atom is -0.463 e.